The molecular weight excluding hydrogens is 781 g/mol. The number of fused-ring (bicyclic) bond motifs is 11. The van der Waals surface area contributed by atoms with E-state index in [0.717, 1.165) is 17.1 Å². The predicted octanol–water partition coefficient (Wildman–Crippen LogP) is 17.4. The summed E-state index contributed by atoms with van der Waals surface area (Å²) in [5.74, 6) is 0. The number of anilines is 3. The molecule has 2 nitrogen and oxygen atoms in total. The maximum absolute atomic E-state index is 2.53. The van der Waals surface area contributed by atoms with Crippen LogP contribution < -0.4 is 4.90 Å². The lowest BCUT2D eigenvalue weighted by Gasteiger charge is -2.28. The molecule has 13 rings (SSSR count). The Bertz CT molecular complexity index is 3920. The molecule has 0 radical (unpaired) electrons. The number of rotatable bonds is 6. The van der Waals surface area contributed by atoms with Gasteiger partial charge in [0.05, 0.1) is 27.1 Å². The Kier molecular flexibility index (Phi) is 8.12. The van der Waals surface area contributed by atoms with E-state index in [1.165, 1.54) is 102 Å². The molecule has 294 valence electrons. The van der Waals surface area contributed by atoms with Gasteiger partial charge in [-0.1, -0.05) is 182 Å². The molecule has 0 saturated heterocycles. The van der Waals surface area contributed by atoms with Crippen LogP contribution in [0.25, 0.3) is 102 Å². The minimum absolute atomic E-state index is 1.11. The molecule has 11 aromatic carbocycles. The largest absolute Gasteiger partial charge is 0.309 e. The van der Waals surface area contributed by atoms with Gasteiger partial charge in [-0.25, -0.2) is 0 Å². The highest BCUT2D eigenvalue weighted by atomic mass is 32.1. The zero-order valence-corrected chi connectivity index (χ0v) is 35.1. The minimum atomic E-state index is 1.11. The lowest BCUT2D eigenvalue weighted by molar-refractivity contribution is 1.18. The van der Waals surface area contributed by atoms with E-state index in [0.29, 0.717) is 0 Å². The first-order valence-corrected chi connectivity index (χ1v) is 22.4. The molecule has 0 fully saturated rings. The lowest BCUT2D eigenvalue weighted by atomic mass is 9.96. The van der Waals surface area contributed by atoms with Gasteiger partial charge in [-0.05, 0) is 97.7 Å². The maximum Gasteiger partial charge on any atom is 0.0640 e. The van der Waals surface area contributed by atoms with Gasteiger partial charge >= 0.3 is 0 Å². The van der Waals surface area contributed by atoms with E-state index in [-0.39, 0.29) is 0 Å². The number of benzene rings is 11. The van der Waals surface area contributed by atoms with E-state index in [1.54, 1.807) is 0 Å². The zero-order valence-electron chi connectivity index (χ0n) is 34.2. The highest BCUT2D eigenvalue weighted by molar-refractivity contribution is 7.27. The van der Waals surface area contributed by atoms with Crippen LogP contribution in [0.4, 0.5) is 17.1 Å². The standard InChI is InChI=1S/C60H38N2S/c1-3-15-39(16-4-1)43-21-13-22-44(37-43)61-55-35-31-45(38-53(55)58-47-23-9-7-19-41(47)30-34-56(58)61)62(54-36-33-46(40-17-5-2-6-18-40)49-25-11-12-26-50(49)54)57-28-14-27-51-52-32-29-42-20-8-10-24-48(42)59(52)63-60(51)57/h1-38H. The van der Waals surface area contributed by atoms with Gasteiger partial charge in [0.25, 0.3) is 0 Å². The van der Waals surface area contributed by atoms with Crippen molar-refractivity contribution in [2.45, 2.75) is 0 Å². The van der Waals surface area contributed by atoms with Gasteiger partial charge < -0.3 is 9.47 Å². The molecule has 0 aliphatic carbocycles. The summed E-state index contributed by atoms with van der Waals surface area (Å²) >= 11 is 1.90. The van der Waals surface area contributed by atoms with Gasteiger partial charge in [0.1, 0.15) is 0 Å². The first-order valence-electron chi connectivity index (χ1n) is 21.6. The molecule has 0 spiro atoms. The minimum Gasteiger partial charge on any atom is -0.309 e. The van der Waals surface area contributed by atoms with Gasteiger partial charge in [-0.3, -0.25) is 0 Å². The molecule has 0 unspecified atom stereocenters. The van der Waals surface area contributed by atoms with Crippen molar-refractivity contribution in [3.8, 4) is 27.9 Å². The molecule has 2 aromatic heterocycles. The van der Waals surface area contributed by atoms with Crippen molar-refractivity contribution in [1.82, 2.24) is 4.57 Å². The van der Waals surface area contributed by atoms with E-state index in [2.05, 4.69) is 240 Å². The van der Waals surface area contributed by atoms with Gasteiger partial charge in [-0.2, -0.15) is 0 Å². The Hall–Kier alpha value is -7.98. The Morgan fingerprint density at radius 3 is 1.78 bits per heavy atom. The number of thiophene rings is 1. The first-order chi connectivity index (χ1) is 31.3. The van der Waals surface area contributed by atoms with Crippen molar-refractivity contribution in [2.75, 3.05) is 4.90 Å². The fourth-order valence-corrected chi connectivity index (χ4v) is 11.4. The third kappa shape index (κ3) is 5.64. The summed E-state index contributed by atoms with van der Waals surface area (Å²) in [5, 5.41) is 12.5. The van der Waals surface area contributed by atoms with Crippen molar-refractivity contribution in [1.29, 1.82) is 0 Å². The predicted molar refractivity (Wildman–Crippen MR) is 272 cm³/mol. The highest BCUT2D eigenvalue weighted by Crippen LogP contribution is 2.50. The molecule has 0 saturated carbocycles. The second-order valence-corrected chi connectivity index (χ2v) is 17.5. The second kappa shape index (κ2) is 14.3. The molecule has 0 aliphatic rings. The molecule has 63 heavy (non-hydrogen) atoms. The third-order valence-electron chi connectivity index (χ3n) is 12.9. The number of aromatic nitrogens is 1. The van der Waals surface area contributed by atoms with Gasteiger partial charge in [0.2, 0.25) is 0 Å². The molecular formula is C60H38N2S. The number of hydrogen-bond donors (Lipinski definition) is 0. The van der Waals surface area contributed by atoms with Gasteiger partial charge in [0.15, 0.2) is 0 Å². The van der Waals surface area contributed by atoms with Crippen LogP contribution >= 0.6 is 11.3 Å². The second-order valence-electron chi connectivity index (χ2n) is 16.4. The summed E-state index contributed by atoms with van der Waals surface area (Å²) in [5.41, 5.74) is 11.8. The normalized spacial score (nSPS) is 11.8. The van der Waals surface area contributed by atoms with Crippen LogP contribution in [0.1, 0.15) is 0 Å². The Labute approximate surface area is 368 Å². The quantitative estimate of drug-likeness (QED) is 0.162. The van der Waals surface area contributed by atoms with Crippen molar-refractivity contribution < 1.29 is 0 Å². The Balaban J connectivity index is 1.12. The average molecular weight is 819 g/mol. The average Bonchev–Trinajstić information content (AvgIpc) is 3.91. The van der Waals surface area contributed by atoms with Crippen LogP contribution in [0.3, 0.4) is 0 Å². The van der Waals surface area contributed by atoms with Crippen LogP contribution in [0, 0.1) is 0 Å². The van der Waals surface area contributed by atoms with E-state index < -0.39 is 0 Å². The summed E-state index contributed by atoms with van der Waals surface area (Å²) in [6.45, 7) is 0. The van der Waals surface area contributed by atoms with Crippen LogP contribution in [0.15, 0.2) is 231 Å². The van der Waals surface area contributed by atoms with Gasteiger partial charge in [-0.15, -0.1) is 11.3 Å². The summed E-state index contributed by atoms with van der Waals surface area (Å²) in [7, 11) is 0. The molecule has 0 aliphatic heterocycles. The van der Waals surface area contributed by atoms with Crippen molar-refractivity contribution in [3.05, 3.63) is 231 Å². The number of hydrogen-bond acceptors (Lipinski definition) is 2. The smallest absolute Gasteiger partial charge is 0.0640 e. The molecule has 13 aromatic rings. The SMILES string of the molecule is c1ccc(-c2cccc(-n3c4ccc(N(c5ccc(-c6ccccc6)c6ccccc56)c5cccc6c5sc5c7ccccc7ccc65)cc4c4c5ccccc5ccc43)c2)cc1. The molecule has 0 bridgehead atoms. The molecule has 0 amide bonds. The fourth-order valence-electron chi connectivity index (χ4n) is 10.1. The maximum atomic E-state index is 2.53. The summed E-state index contributed by atoms with van der Waals surface area (Å²) in [4.78, 5) is 2.53. The molecule has 0 atom stereocenters. The monoisotopic (exact) mass is 818 g/mol. The highest BCUT2D eigenvalue weighted by Gasteiger charge is 2.24. The van der Waals surface area contributed by atoms with Crippen molar-refractivity contribution >= 4 is 103 Å². The van der Waals surface area contributed by atoms with Crippen LogP contribution in [-0.4, -0.2) is 4.57 Å². The molecule has 3 heteroatoms. The van der Waals surface area contributed by atoms with Gasteiger partial charge in [0, 0.05) is 43.0 Å². The summed E-state index contributed by atoms with van der Waals surface area (Å²) < 4.78 is 5.05. The summed E-state index contributed by atoms with van der Waals surface area (Å²) in [6.07, 6.45) is 0. The molecule has 2 heterocycles. The Morgan fingerprint density at radius 1 is 0.333 bits per heavy atom. The van der Waals surface area contributed by atoms with Crippen LogP contribution in [-0.2, 0) is 0 Å². The van der Waals surface area contributed by atoms with Crippen molar-refractivity contribution in [2.24, 2.45) is 0 Å². The number of nitrogens with zero attached hydrogens (tertiary/aromatic N) is 2. The topological polar surface area (TPSA) is 8.17 Å². The Morgan fingerprint density at radius 2 is 0.952 bits per heavy atom. The van der Waals surface area contributed by atoms with Crippen LogP contribution in [0.2, 0.25) is 0 Å². The van der Waals surface area contributed by atoms with Crippen molar-refractivity contribution in [3.63, 3.8) is 0 Å². The third-order valence-corrected chi connectivity index (χ3v) is 14.2. The van der Waals surface area contributed by atoms with E-state index in [4.69, 9.17) is 0 Å². The summed E-state index contributed by atoms with van der Waals surface area (Å²) in [6, 6.07) is 84.8. The van der Waals surface area contributed by atoms with E-state index in [1.807, 2.05) is 11.3 Å². The molecule has 0 N–H and O–H groups in total. The first kappa shape index (κ1) is 35.7. The lowest BCUT2D eigenvalue weighted by Crippen LogP contribution is -2.11. The van der Waals surface area contributed by atoms with Crippen LogP contribution in [0.5, 0.6) is 0 Å². The zero-order chi connectivity index (χ0) is 41.4. The van der Waals surface area contributed by atoms with E-state index >= 15 is 0 Å². The van der Waals surface area contributed by atoms with E-state index in [9.17, 15) is 0 Å². The fraction of sp³-hybridized carbons (Fsp3) is 0.